The number of hydrogen-bond donors (Lipinski definition) is 1. The molecule has 1 aliphatic rings. The molecular weight excluding hydrogens is 394 g/mol. The van der Waals surface area contributed by atoms with Gasteiger partial charge in [-0.15, -0.1) is 0 Å². The molecule has 0 unspecified atom stereocenters. The summed E-state index contributed by atoms with van der Waals surface area (Å²) in [5.41, 5.74) is 1.83. The molecule has 0 spiro atoms. The van der Waals surface area contributed by atoms with E-state index in [2.05, 4.69) is 5.32 Å². The van der Waals surface area contributed by atoms with E-state index >= 15 is 0 Å². The average Bonchev–Trinajstić information content (AvgIpc) is 2.64. The summed E-state index contributed by atoms with van der Waals surface area (Å²) < 4.78 is 10.4. The quantitative estimate of drug-likeness (QED) is 0.559. The molecule has 29 heavy (non-hydrogen) atoms. The number of esters is 2. The Labute approximate surface area is 175 Å². The molecule has 0 aliphatic carbocycles. The smallest absolute Gasteiger partial charge is 0.337 e. The van der Waals surface area contributed by atoms with E-state index in [4.69, 9.17) is 21.1 Å². The summed E-state index contributed by atoms with van der Waals surface area (Å²) in [5, 5.41) is 3.42. The highest BCUT2D eigenvalue weighted by Crippen LogP contribution is 2.42. The van der Waals surface area contributed by atoms with Crippen LogP contribution in [0.5, 0.6) is 0 Å². The average molecular weight is 418 g/mol. The van der Waals surface area contributed by atoms with Gasteiger partial charge < -0.3 is 14.8 Å². The third-order valence-electron chi connectivity index (χ3n) is 4.26. The van der Waals surface area contributed by atoms with Gasteiger partial charge in [0.2, 0.25) is 0 Å². The molecule has 0 radical (unpaired) electrons. The lowest BCUT2D eigenvalue weighted by Crippen LogP contribution is -2.33. The molecule has 6 nitrogen and oxygen atoms in total. The number of allylic oxidation sites excluding steroid dienone is 3. The fourth-order valence-corrected chi connectivity index (χ4v) is 3.34. The van der Waals surface area contributed by atoms with Gasteiger partial charge in [-0.1, -0.05) is 29.8 Å². The van der Waals surface area contributed by atoms with Gasteiger partial charge in [0.15, 0.2) is 5.78 Å². The molecule has 0 saturated carbocycles. The second kappa shape index (κ2) is 9.56. The van der Waals surface area contributed by atoms with Crippen molar-refractivity contribution >= 4 is 29.3 Å². The largest absolute Gasteiger partial charge is 0.466 e. The van der Waals surface area contributed by atoms with Crippen LogP contribution in [-0.2, 0) is 23.9 Å². The summed E-state index contributed by atoms with van der Waals surface area (Å²) >= 11 is 6.43. The molecule has 1 heterocycles. The molecule has 154 valence electrons. The molecule has 1 aromatic carbocycles. The van der Waals surface area contributed by atoms with Gasteiger partial charge in [0.25, 0.3) is 0 Å². The first-order valence-electron chi connectivity index (χ1n) is 9.11. The summed E-state index contributed by atoms with van der Waals surface area (Å²) in [5.74, 6) is -2.22. The SMILES string of the molecule is COC(=O)C1=C(/C=C/C(C)=O)NC(C)=C(C(=O)OC(C)C)[C@@H]1c1ccccc1Cl. The Balaban J connectivity index is 2.78. The van der Waals surface area contributed by atoms with Crippen molar-refractivity contribution in [2.75, 3.05) is 7.11 Å². The molecule has 2 rings (SSSR count). The van der Waals surface area contributed by atoms with Crippen molar-refractivity contribution in [2.24, 2.45) is 0 Å². The van der Waals surface area contributed by atoms with Crippen molar-refractivity contribution in [3.05, 3.63) is 69.5 Å². The Morgan fingerprint density at radius 2 is 1.79 bits per heavy atom. The van der Waals surface area contributed by atoms with Gasteiger partial charge in [-0.3, -0.25) is 4.79 Å². The maximum atomic E-state index is 12.9. The van der Waals surface area contributed by atoms with Crippen LogP contribution in [-0.4, -0.2) is 30.9 Å². The summed E-state index contributed by atoms with van der Waals surface area (Å²) in [6, 6.07) is 6.95. The zero-order valence-electron chi connectivity index (χ0n) is 17.0. The van der Waals surface area contributed by atoms with Crippen LogP contribution in [0.3, 0.4) is 0 Å². The van der Waals surface area contributed by atoms with Crippen molar-refractivity contribution < 1.29 is 23.9 Å². The van der Waals surface area contributed by atoms with E-state index in [0.29, 0.717) is 22.0 Å². The zero-order valence-corrected chi connectivity index (χ0v) is 17.8. The third-order valence-corrected chi connectivity index (χ3v) is 4.61. The van der Waals surface area contributed by atoms with E-state index < -0.39 is 17.9 Å². The van der Waals surface area contributed by atoms with Crippen LogP contribution in [0.25, 0.3) is 0 Å². The second-order valence-electron chi connectivity index (χ2n) is 6.84. The van der Waals surface area contributed by atoms with Crippen LogP contribution in [0.1, 0.15) is 39.2 Å². The minimum Gasteiger partial charge on any atom is -0.466 e. The highest BCUT2D eigenvalue weighted by molar-refractivity contribution is 6.31. The number of carbonyl (C=O) groups excluding carboxylic acids is 3. The predicted molar refractivity (Wildman–Crippen MR) is 110 cm³/mol. The van der Waals surface area contributed by atoms with Crippen LogP contribution < -0.4 is 5.32 Å². The Kier molecular flexibility index (Phi) is 7.40. The van der Waals surface area contributed by atoms with E-state index in [1.54, 1.807) is 45.0 Å². The predicted octanol–water partition coefficient (Wildman–Crippen LogP) is 3.82. The Bertz CT molecular complexity index is 927. The van der Waals surface area contributed by atoms with E-state index in [1.807, 2.05) is 0 Å². The van der Waals surface area contributed by atoms with Crippen LogP contribution in [0.4, 0.5) is 0 Å². The summed E-state index contributed by atoms with van der Waals surface area (Å²) in [4.78, 5) is 37.1. The van der Waals surface area contributed by atoms with E-state index in [-0.39, 0.29) is 23.0 Å². The number of benzene rings is 1. The highest BCUT2D eigenvalue weighted by atomic mass is 35.5. The lowest BCUT2D eigenvalue weighted by molar-refractivity contribution is -0.143. The van der Waals surface area contributed by atoms with Gasteiger partial charge >= 0.3 is 11.9 Å². The van der Waals surface area contributed by atoms with Gasteiger partial charge in [0, 0.05) is 16.4 Å². The van der Waals surface area contributed by atoms with Gasteiger partial charge in [-0.2, -0.15) is 0 Å². The van der Waals surface area contributed by atoms with Crippen LogP contribution in [0.2, 0.25) is 5.02 Å². The standard InChI is InChI=1S/C22H24ClNO5/c1-12(2)29-22(27)18-14(4)24-17(11-10-13(3)25)20(21(26)28-5)19(18)15-8-6-7-9-16(15)23/h6-12,19,24H,1-5H3/b11-10+/t19-/m0/s1. The second-order valence-corrected chi connectivity index (χ2v) is 7.24. The topological polar surface area (TPSA) is 81.7 Å². The maximum Gasteiger partial charge on any atom is 0.337 e. The molecule has 1 atom stereocenters. The third kappa shape index (κ3) is 5.15. The zero-order chi connectivity index (χ0) is 21.7. The fourth-order valence-electron chi connectivity index (χ4n) is 3.09. The molecule has 0 aromatic heterocycles. The van der Waals surface area contributed by atoms with E-state index in [1.165, 1.54) is 26.2 Å². The van der Waals surface area contributed by atoms with Crippen molar-refractivity contribution in [1.29, 1.82) is 0 Å². The highest BCUT2D eigenvalue weighted by Gasteiger charge is 2.39. The van der Waals surface area contributed by atoms with Gasteiger partial charge in [0.1, 0.15) is 0 Å². The maximum absolute atomic E-state index is 12.9. The molecular formula is C22H24ClNO5. The number of hydrogen-bond acceptors (Lipinski definition) is 6. The first-order valence-corrected chi connectivity index (χ1v) is 9.49. The number of dihydropyridines is 1. The number of ether oxygens (including phenoxy) is 2. The Hall–Kier alpha value is -2.86. The summed E-state index contributed by atoms with van der Waals surface area (Å²) in [6.45, 7) is 6.59. The van der Waals surface area contributed by atoms with Crippen molar-refractivity contribution in [3.8, 4) is 0 Å². The minimum absolute atomic E-state index is 0.166. The number of rotatable bonds is 6. The molecule has 7 heteroatoms. The monoisotopic (exact) mass is 417 g/mol. The van der Waals surface area contributed by atoms with Gasteiger partial charge in [-0.25, -0.2) is 9.59 Å². The summed E-state index contributed by atoms with van der Waals surface area (Å²) in [7, 11) is 1.25. The number of ketones is 1. The Morgan fingerprint density at radius 1 is 1.14 bits per heavy atom. The molecule has 1 aromatic rings. The molecule has 1 aliphatic heterocycles. The number of methoxy groups -OCH3 is 1. The van der Waals surface area contributed by atoms with E-state index in [9.17, 15) is 14.4 Å². The van der Waals surface area contributed by atoms with Crippen LogP contribution >= 0.6 is 11.6 Å². The first kappa shape index (κ1) is 22.4. The van der Waals surface area contributed by atoms with Gasteiger partial charge in [0.05, 0.1) is 30.3 Å². The lowest BCUT2D eigenvalue weighted by Gasteiger charge is -2.31. The Morgan fingerprint density at radius 3 is 2.34 bits per heavy atom. The number of nitrogens with one attached hydrogen (secondary N) is 1. The number of halogens is 1. The molecule has 0 fully saturated rings. The van der Waals surface area contributed by atoms with Crippen molar-refractivity contribution in [3.63, 3.8) is 0 Å². The first-order chi connectivity index (χ1) is 13.7. The van der Waals surface area contributed by atoms with Gasteiger partial charge in [-0.05, 0) is 51.5 Å². The molecule has 0 saturated heterocycles. The lowest BCUT2D eigenvalue weighted by atomic mass is 9.80. The molecule has 1 N–H and O–H groups in total. The number of carbonyl (C=O) groups is 3. The fraction of sp³-hybridized carbons (Fsp3) is 0.318. The normalized spacial score (nSPS) is 16.9. The molecule has 0 bridgehead atoms. The van der Waals surface area contributed by atoms with E-state index in [0.717, 1.165) is 0 Å². The van der Waals surface area contributed by atoms with Crippen molar-refractivity contribution in [2.45, 2.75) is 39.7 Å². The van der Waals surface area contributed by atoms with Crippen LogP contribution in [0, 0.1) is 0 Å². The minimum atomic E-state index is -0.824. The van der Waals surface area contributed by atoms with Crippen LogP contribution in [0.15, 0.2) is 59.0 Å². The van der Waals surface area contributed by atoms with Crippen molar-refractivity contribution in [1.82, 2.24) is 5.32 Å². The summed E-state index contributed by atoms with van der Waals surface area (Å²) in [6.07, 6.45) is 2.48. The molecule has 0 amide bonds.